The maximum absolute atomic E-state index is 5.48. The molecule has 5 rings (SSSR count). The lowest BCUT2D eigenvalue weighted by Gasteiger charge is -2.31. The van der Waals surface area contributed by atoms with Crippen LogP contribution in [0.2, 0.25) is 0 Å². The largest absolute Gasteiger partial charge is 0.378 e. The Morgan fingerprint density at radius 2 is 1.83 bits per heavy atom. The number of pyridine rings is 1. The van der Waals surface area contributed by atoms with Crippen molar-refractivity contribution in [2.75, 3.05) is 44.3 Å². The van der Waals surface area contributed by atoms with Gasteiger partial charge in [0.05, 0.1) is 25.1 Å². The molecule has 1 aromatic carbocycles. The number of aromatic nitrogens is 3. The Hall–Kier alpha value is -2.44. The molecule has 2 aliphatic rings. The molecule has 2 saturated heterocycles. The van der Waals surface area contributed by atoms with Crippen LogP contribution in [0.5, 0.6) is 0 Å². The number of rotatable bonds is 4. The maximum Gasteiger partial charge on any atom is 0.156 e. The van der Waals surface area contributed by atoms with Crippen molar-refractivity contribution >= 4 is 11.3 Å². The van der Waals surface area contributed by atoms with E-state index in [1.807, 2.05) is 4.52 Å². The first-order chi connectivity index (χ1) is 14.6. The van der Waals surface area contributed by atoms with Gasteiger partial charge in [-0.25, -0.2) is 9.50 Å². The fourth-order valence-electron chi connectivity index (χ4n) is 4.90. The van der Waals surface area contributed by atoms with Crippen LogP contribution in [0.1, 0.15) is 41.3 Å². The molecule has 2 aromatic heterocycles. The van der Waals surface area contributed by atoms with Gasteiger partial charge in [-0.3, -0.25) is 4.90 Å². The van der Waals surface area contributed by atoms with E-state index in [0.717, 1.165) is 63.8 Å². The molecule has 0 aliphatic carbocycles. The van der Waals surface area contributed by atoms with E-state index < -0.39 is 0 Å². The topological polar surface area (TPSA) is 45.9 Å². The molecule has 30 heavy (non-hydrogen) atoms. The van der Waals surface area contributed by atoms with Crippen LogP contribution >= 0.6 is 0 Å². The van der Waals surface area contributed by atoms with E-state index in [1.54, 1.807) is 0 Å². The molecule has 0 unspecified atom stereocenters. The van der Waals surface area contributed by atoms with E-state index in [-0.39, 0.29) is 0 Å². The molecule has 158 valence electrons. The Bertz CT molecular complexity index is 1000. The van der Waals surface area contributed by atoms with Gasteiger partial charge in [0.15, 0.2) is 11.5 Å². The number of piperidine rings is 1. The summed E-state index contributed by atoms with van der Waals surface area (Å²) in [5, 5.41) is 4.88. The van der Waals surface area contributed by atoms with Crippen LogP contribution in [-0.4, -0.2) is 58.9 Å². The molecule has 0 spiro atoms. The highest BCUT2D eigenvalue weighted by Gasteiger charge is 2.25. The van der Waals surface area contributed by atoms with Gasteiger partial charge in [-0.15, -0.1) is 0 Å². The van der Waals surface area contributed by atoms with Crippen molar-refractivity contribution in [3.63, 3.8) is 0 Å². The van der Waals surface area contributed by atoms with Gasteiger partial charge in [0.2, 0.25) is 0 Å². The lowest BCUT2D eigenvalue weighted by molar-refractivity contribution is 0.122. The molecule has 0 radical (unpaired) electrons. The van der Waals surface area contributed by atoms with Gasteiger partial charge < -0.3 is 9.64 Å². The van der Waals surface area contributed by atoms with Gasteiger partial charge >= 0.3 is 0 Å². The Labute approximate surface area is 178 Å². The predicted molar refractivity (Wildman–Crippen MR) is 119 cm³/mol. The van der Waals surface area contributed by atoms with E-state index in [2.05, 4.69) is 60.2 Å². The SMILES string of the molecule is Cc1cc(C)cc(CN2CCC[C@@H](c3nc4ccc(N5CCOCC5)cn4n3)C2)c1. The monoisotopic (exact) mass is 405 g/mol. The number of benzene rings is 1. The summed E-state index contributed by atoms with van der Waals surface area (Å²) in [4.78, 5) is 9.79. The summed E-state index contributed by atoms with van der Waals surface area (Å²) >= 11 is 0. The Kier molecular flexibility index (Phi) is 5.44. The van der Waals surface area contributed by atoms with Crippen LogP contribution in [0.25, 0.3) is 5.65 Å². The second kappa shape index (κ2) is 8.36. The standard InChI is InChI=1S/C24H31N5O/c1-18-12-19(2)14-20(13-18)15-27-7-3-4-21(16-27)24-25-23-6-5-22(17-29(23)26-24)28-8-10-30-11-9-28/h5-6,12-14,17,21H,3-4,7-11,15-16H2,1-2H3/t21-/m1/s1. The molecule has 0 amide bonds. The van der Waals surface area contributed by atoms with E-state index in [1.165, 1.54) is 28.8 Å². The number of hydrogen-bond acceptors (Lipinski definition) is 5. The van der Waals surface area contributed by atoms with Crippen molar-refractivity contribution < 1.29 is 4.74 Å². The number of aryl methyl sites for hydroxylation is 2. The highest BCUT2D eigenvalue weighted by atomic mass is 16.5. The Balaban J connectivity index is 1.31. The van der Waals surface area contributed by atoms with Gasteiger partial charge in [0.25, 0.3) is 0 Å². The van der Waals surface area contributed by atoms with Crippen molar-refractivity contribution in [1.29, 1.82) is 0 Å². The molecular weight excluding hydrogens is 374 g/mol. The molecule has 0 bridgehead atoms. The van der Waals surface area contributed by atoms with Crippen LogP contribution in [0.3, 0.4) is 0 Å². The van der Waals surface area contributed by atoms with Crippen LogP contribution in [-0.2, 0) is 11.3 Å². The number of likely N-dealkylation sites (tertiary alicyclic amines) is 1. The lowest BCUT2D eigenvalue weighted by atomic mass is 9.96. The fraction of sp³-hybridized carbons (Fsp3) is 0.500. The van der Waals surface area contributed by atoms with Crippen LogP contribution in [0, 0.1) is 13.8 Å². The average molecular weight is 406 g/mol. The summed E-state index contributed by atoms with van der Waals surface area (Å²) in [5.41, 5.74) is 6.23. The lowest BCUT2D eigenvalue weighted by Crippen LogP contribution is -2.36. The quantitative estimate of drug-likeness (QED) is 0.664. The molecule has 0 N–H and O–H groups in total. The number of hydrogen-bond donors (Lipinski definition) is 0. The van der Waals surface area contributed by atoms with Crippen molar-refractivity contribution in [3.05, 3.63) is 59.0 Å². The number of anilines is 1. The summed E-state index contributed by atoms with van der Waals surface area (Å²) < 4.78 is 7.44. The minimum absolute atomic E-state index is 0.399. The Morgan fingerprint density at radius 1 is 1.03 bits per heavy atom. The molecule has 1 atom stereocenters. The summed E-state index contributed by atoms with van der Waals surface area (Å²) in [6.07, 6.45) is 4.48. The number of ether oxygens (including phenoxy) is 1. The summed E-state index contributed by atoms with van der Waals surface area (Å²) in [5.74, 6) is 1.38. The third kappa shape index (κ3) is 4.20. The molecule has 6 nitrogen and oxygen atoms in total. The summed E-state index contributed by atoms with van der Waals surface area (Å²) in [6.45, 7) is 11.0. The molecule has 4 heterocycles. The third-order valence-corrected chi connectivity index (χ3v) is 6.27. The predicted octanol–water partition coefficient (Wildman–Crippen LogP) is 3.56. The highest BCUT2D eigenvalue weighted by Crippen LogP contribution is 2.27. The van der Waals surface area contributed by atoms with Crippen molar-refractivity contribution in [2.24, 2.45) is 0 Å². The summed E-state index contributed by atoms with van der Waals surface area (Å²) in [7, 11) is 0. The van der Waals surface area contributed by atoms with Crippen LogP contribution in [0.4, 0.5) is 5.69 Å². The first kappa shape index (κ1) is 19.5. The Morgan fingerprint density at radius 3 is 2.63 bits per heavy atom. The van der Waals surface area contributed by atoms with E-state index >= 15 is 0 Å². The van der Waals surface area contributed by atoms with E-state index in [0.29, 0.717) is 5.92 Å². The van der Waals surface area contributed by atoms with Crippen LogP contribution in [0.15, 0.2) is 36.5 Å². The smallest absolute Gasteiger partial charge is 0.156 e. The normalized spacial score (nSPS) is 20.7. The highest BCUT2D eigenvalue weighted by molar-refractivity contribution is 5.51. The average Bonchev–Trinajstić information content (AvgIpc) is 3.17. The number of fused-ring (bicyclic) bond motifs is 1. The van der Waals surface area contributed by atoms with Crippen molar-refractivity contribution in [3.8, 4) is 0 Å². The molecular formula is C24H31N5O. The first-order valence-corrected chi connectivity index (χ1v) is 11.1. The summed E-state index contributed by atoms with van der Waals surface area (Å²) in [6, 6.07) is 11.1. The molecule has 2 aliphatic heterocycles. The van der Waals surface area contributed by atoms with Gasteiger partial charge in [-0.2, -0.15) is 5.10 Å². The van der Waals surface area contributed by atoms with E-state index in [9.17, 15) is 0 Å². The van der Waals surface area contributed by atoms with Gasteiger partial charge in [0.1, 0.15) is 0 Å². The van der Waals surface area contributed by atoms with Gasteiger partial charge in [-0.05, 0) is 50.9 Å². The second-order valence-corrected chi connectivity index (χ2v) is 8.83. The van der Waals surface area contributed by atoms with E-state index in [4.69, 9.17) is 14.8 Å². The first-order valence-electron chi connectivity index (χ1n) is 11.1. The second-order valence-electron chi connectivity index (χ2n) is 8.83. The molecule has 3 aromatic rings. The van der Waals surface area contributed by atoms with Gasteiger partial charge in [0, 0.05) is 32.1 Å². The number of morpholine rings is 1. The molecule has 6 heteroatoms. The minimum atomic E-state index is 0.399. The minimum Gasteiger partial charge on any atom is -0.378 e. The fourth-order valence-corrected chi connectivity index (χ4v) is 4.90. The maximum atomic E-state index is 5.48. The molecule has 0 saturated carbocycles. The van der Waals surface area contributed by atoms with Crippen molar-refractivity contribution in [2.45, 2.75) is 39.2 Å². The van der Waals surface area contributed by atoms with Gasteiger partial charge in [-0.1, -0.05) is 29.3 Å². The number of nitrogens with zero attached hydrogens (tertiary/aromatic N) is 5. The molecule has 2 fully saturated rings. The van der Waals surface area contributed by atoms with Crippen LogP contribution < -0.4 is 4.90 Å². The zero-order valence-corrected chi connectivity index (χ0v) is 18.0. The zero-order valence-electron chi connectivity index (χ0n) is 18.0. The zero-order chi connectivity index (χ0) is 20.5. The third-order valence-electron chi connectivity index (χ3n) is 6.27. The van der Waals surface area contributed by atoms with Crippen molar-refractivity contribution in [1.82, 2.24) is 19.5 Å².